The fourth-order valence-electron chi connectivity index (χ4n) is 1.51. The Bertz CT molecular complexity index is 391. The van der Waals surface area contributed by atoms with Crippen LogP contribution in [0.25, 0.3) is 0 Å². The first kappa shape index (κ1) is 14.9. The standard InChI is InChI=1S/C14H20O3S/c1-4-16-13-7-6-12(10-11(13)3)14(15)17-8-9-18-5-2/h6-7,10H,4-5,8-9H2,1-3H3. The van der Waals surface area contributed by atoms with E-state index < -0.39 is 0 Å². The summed E-state index contributed by atoms with van der Waals surface area (Å²) in [5, 5.41) is 0. The number of thioether (sulfide) groups is 1. The molecule has 0 aliphatic heterocycles. The Morgan fingerprint density at radius 3 is 2.72 bits per heavy atom. The Labute approximate surface area is 113 Å². The minimum atomic E-state index is -0.266. The zero-order valence-electron chi connectivity index (χ0n) is 11.2. The molecule has 1 rings (SSSR count). The molecule has 0 amide bonds. The van der Waals surface area contributed by atoms with Gasteiger partial charge in [-0.25, -0.2) is 4.79 Å². The van der Waals surface area contributed by atoms with Gasteiger partial charge in [-0.1, -0.05) is 6.92 Å². The Morgan fingerprint density at radius 2 is 2.11 bits per heavy atom. The maximum Gasteiger partial charge on any atom is 0.338 e. The first-order valence-electron chi connectivity index (χ1n) is 6.17. The van der Waals surface area contributed by atoms with Crippen LogP contribution in [0, 0.1) is 6.92 Å². The van der Waals surface area contributed by atoms with Gasteiger partial charge in [0.15, 0.2) is 0 Å². The number of carbonyl (C=O) groups excluding carboxylic acids is 1. The highest BCUT2D eigenvalue weighted by atomic mass is 32.2. The number of hydrogen-bond acceptors (Lipinski definition) is 4. The van der Waals surface area contributed by atoms with Gasteiger partial charge < -0.3 is 9.47 Å². The normalized spacial score (nSPS) is 10.2. The second-order valence-corrected chi connectivity index (χ2v) is 5.14. The smallest absolute Gasteiger partial charge is 0.338 e. The summed E-state index contributed by atoms with van der Waals surface area (Å²) in [4.78, 5) is 11.8. The number of benzene rings is 1. The number of hydrogen-bond donors (Lipinski definition) is 0. The number of rotatable bonds is 7. The Kier molecular flexibility index (Phi) is 6.65. The molecule has 0 aromatic heterocycles. The van der Waals surface area contributed by atoms with Crippen molar-refractivity contribution in [3.8, 4) is 5.75 Å². The number of carbonyl (C=O) groups is 1. The number of esters is 1. The third kappa shape index (κ3) is 4.61. The van der Waals surface area contributed by atoms with Crippen molar-refractivity contribution in [3.63, 3.8) is 0 Å². The van der Waals surface area contributed by atoms with Gasteiger partial charge in [0.2, 0.25) is 0 Å². The molecule has 0 aliphatic rings. The lowest BCUT2D eigenvalue weighted by molar-refractivity contribution is 0.0530. The predicted octanol–water partition coefficient (Wildman–Crippen LogP) is 3.30. The zero-order chi connectivity index (χ0) is 13.4. The second kappa shape index (κ2) is 8.03. The third-order valence-corrected chi connectivity index (χ3v) is 3.24. The Morgan fingerprint density at radius 1 is 1.33 bits per heavy atom. The third-order valence-electron chi connectivity index (χ3n) is 2.38. The number of ether oxygens (including phenoxy) is 2. The molecule has 0 saturated heterocycles. The fourth-order valence-corrected chi connectivity index (χ4v) is 2.00. The van der Waals surface area contributed by atoms with Gasteiger partial charge >= 0.3 is 5.97 Å². The van der Waals surface area contributed by atoms with Crippen molar-refractivity contribution >= 4 is 17.7 Å². The van der Waals surface area contributed by atoms with Crippen molar-refractivity contribution in [2.45, 2.75) is 20.8 Å². The molecule has 1 aromatic carbocycles. The lowest BCUT2D eigenvalue weighted by atomic mass is 10.1. The van der Waals surface area contributed by atoms with E-state index in [1.54, 1.807) is 23.9 Å². The summed E-state index contributed by atoms with van der Waals surface area (Å²) in [5.41, 5.74) is 1.53. The van der Waals surface area contributed by atoms with Crippen LogP contribution in [0.5, 0.6) is 5.75 Å². The highest BCUT2D eigenvalue weighted by molar-refractivity contribution is 7.99. The van der Waals surface area contributed by atoms with E-state index >= 15 is 0 Å². The molecule has 0 fully saturated rings. The molecule has 0 heterocycles. The summed E-state index contributed by atoms with van der Waals surface area (Å²) in [6.07, 6.45) is 0. The molecule has 0 radical (unpaired) electrons. The van der Waals surface area contributed by atoms with E-state index in [0.717, 1.165) is 22.8 Å². The van der Waals surface area contributed by atoms with E-state index in [1.165, 1.54) is 0 Å². The van der Waals surface area contributed by atoms with Crippen LogP contribution >= 0.6 is 11.8 Å². The van der Waals surface area contributed by atoms with Crippen LogP contribution in [0.15, 0.2) is 18.2 Å². The molecule has 1 aromatic rings. The van der Waals surface area contributed by atoms with Crippen LogP contribution in [0.3, 0.4) is 0 Å². The maximum absolute atomic E-state index is 11.8. The van der Waals surface area contributed by atoms with E-state index in [-0.39, 0.29) is 5.97 Å². The molecular weight excluding hydrogens is 248 g/mol. The minimum Gasteiger partial charge on any atom is -0.494 e. The van der Waals surface area contributed by atoms with Crippen molar-refractivity contribution < 1.29 is 14.3 Å². The molecule has 0 atom stereocenters. The maximum atomic E-state index is 11.8. The SMILES string of the molecule is CCOc1ccc(C(=O)OCCSCC)cc1C. The van der Waals surface area contributed by atoms with Crippen LogP contribution in [-0.2, 0) is 4.74 Å². The summed E-state index contributed by atoms with van der Waals surface area (Å²) in [6.45, 7) is 7.03. The molecule has 0 N–H and O–H groups in total. The van der Waals surface area contributed by atoms with Gasteiger partial charge in [0.05, 0.1) is 12.2 Å². The van der Waals surface area contributed by atoms with Crippen molar-refractivity contribution in [2.75, 3.05) is 24.7 Å². The van der Waals surface area contributed by atoms with Gasteiger partial charge in [0.1, 0.15) is 12.4 Å². The topological polar surface area (TPSA) is 35.5 Å². The summed E-state index contributed by atoms with van der Waals surface area (Å²) in [7, 11) is 0. The predicted molar refractivity (Wildman–Crippen MR) is 75.6 cm³/mol. The van der Waals surface area contributed by atoms with Gasteiger partial charge in [-0.15, -0.1) is 0 Å². The van der Waals surface area contributed by atoms with Gasteiger partial charge in [-0.05, 0) is 43.4 Å². The van der Waals surface area contributed by atoms with E-state index in [0.29, 0.717) is 18.8 Å². The first-order valence-corrected chi connectivity index (χ1v) is 7.32. The average Bonchev–Trinajstić information content (AvgIpc) is 2.37. The molecule has 18 heavy (non-hydrogen) atoms. The quantitative estimate of drug-likeness (QED) is 0.561. The minimum absolute atomic E-state index is 0.266. The van der Waals surface area contributed by atoms with Crippen LogP contribution in [0.1, 0.15) is 29.8 Å². The second-order valence-electron chi connectivity index (χ2n) is 3.75. The molecule has 0 bridgehead atoms. The molecule has 4 heteroatoms. The fraction of sp³-hybridized carbons (Fsp3) is 0.500. The lowest BCUT2D eigenvalue weighted by Gasteiger charge is -2.09. The van der Waals surface area contributed by atoms with Crippen LogP contribution in [0.2, 0.25) is 0 Å². The molecule has 3 nitrogen and oxygen atoms in total. The van der Waals surface area contributed by atoms with Crippen LogP contribution in [0.4, 0.5) is 0 Å². The zero-order valence-corrected chi connectivity index (χ0v) is 12.0. The average molecular weight is 268 g/mol. The van der Waals surface area contributed by atoms with E-state index in [2.05, 4.69) is 6.92 Å². The van der Waals surface area contributed by atoms with Gasteiger partial charge in [-0.3, -0.25) is 0 Å². The summed E-state index contributed by atoms with van der Waals surface area (Å²) >= 11 is 1.76. The van der Waals surface area contributed by atoms with E-state index in [1.807, 2.05) is 19.9 Å². The summed E-state index contributed by atoms with van der Waals surface area (Å²) < 4.78 is 10.6. The van der Waals surface area contributed by atoms with Gasteiger partial charge in [-0.2, -0.15) is 11.8 Å². The van der Waals surface area contributed by atoms with Crippen molar-refractivity contribution in [1.82, 2.24) is 0 Å². The summed E-state index contributed by atoms with van der Waals surface area (Å²) in [5.74, 6) is 2.44. The Balaban J connectivity index is 2.55. The highest BCUT2D eigenvalue weighted by Crippen LogP contribution is 2.19. The van der Waals surface area contributed by atoms with Crippen molar-refractivity contribution in [3.05, 3.63) is 29.3 Å². The molecule has 0 spiro atoms. The van der Waals surface area contributed by atoms with Crippen LogP contribution < -0.4 is 4.74 Å². The van der Waals surface area contributed by atoms with E-state index in [4.69, 9.17) is 9.47 Å². The molecular formula is C14H20O3S. The molecule has 0 aliphatic carbocycles. The van der Waals surface area contributed by atoms with Crippen molar-refractivity contribution in [2.24, 2.45) is 0 Å². The molecule has 0 unspecified atom stereocenters. The molecule has 0 saturated carbocycles. The van der Waals surface area contributed by atoms with Gasteiger partial charge in [0, 0.05) is 5.75 Å². The van der Waals surface area contributed by atoms with E-state index in [9.17, 15) is 4.79 Å². The van der Waals surface area contributed by atoms with Crippen molar-refractivity contribution in [1.29, 1.82) is 0 Å². The summed E-state index contributed by atoms with van der Waals surface area (Å²) in [6, 6.07) is 5.36. The Hall–Kier alpha value is -1.16. The highest BCUT2D eigenvalue weighted by Gasteiger charge is 2.09. The number of aryl methyl sites for hydroxylation is 1. The molecule has 100 valence electrons. The van der Waals surface area contributed by atoms with Gasteiger partial charge in [0.25, 0.3) is 0 Å². The largest absolute Gasteiger partial charge is 0.494 e. The van der Waals surface area contributed by atoms with Crippen LogP contribution in [-0.4, -0.2) is 30.7 Å². The first-order chi connectivity index (χ1) is 8.69. The monoisotopic (exact) mass is 268 g/mol. The lowest BCUT2D eigenvalue weighted by Crippen LogP contribution is -2.08.